The third-order valence-corrected chi connectivity index (χ3v) is 12.6. The molecule has 19 heteroatoms. The Morgan fingerprint density at radius 2 is 0.764 bits per heavy atom. The van der Waals surface area contributed by atoms with Crippen LogP contribution in [-0.2, 0) is 30.4 Å². The van der Waals surface area contributed by atoms with E-state index in [2.05, 4.69) is 0 Å². The standard InChI is InChI=1S/C36H18BN6O9S3/c44-53(45,46)22-4-1-16-10-25-26(13-19(16)7-22)32-38-31(25)39-33-27-11-17-2-5-24(55(50,51)52)9-21(17)15-30(27)36-41-35-28-12-18-3-6-23(54(47,48)49)8-20(18)14-29(28)34(40-32)43(35)37-42(33)36/h1-15H,(H,44,45,46)(H,47,48,49)(H,50,51,52)/q+2/p-3. The van der Waals surface area contributed by atoms with Crippen LogP contribution in [-0.4, -0.2) is 90.4 Å². The molecule has 0 aliphatic carbocycles. The van der Waals surface area contributed by atoms with Crippen LogP contribution >= 0.6 is 0 Å². The lowest BCUT2D eigenvalue weighted by molar-refractivity contribution is -0.378. The molecular weight excluding hydrogens is 767 g/mol. The van der Waals surface area contributed by atoms with Gasteiger partial charge in [-0.05, 0) is 105 Å². The molecule has 0 saturated heterocycles. The van der Waals surface area contributed by atoms with Crippen LogP contribution in [0.25, 0.3) is 32.3 Å². The summed E-state index contributed by atoms with van der Waals surface area (Å²) in [5.74, 6) is 2.13. The second-order valence-electron chi connectivity index (χ2n) is 13.3. The molecule has 15 nitrogen and oxygen atoms in total. The monoisotopic (exact) mass is 782 g/mol. The van der Waals surface area contributed by atoms with E-state index in [1.807, 2.05) is 6.07 Å². The highest BCUT2D eigenvalue weighted by Crippen LogP contribution is 2.36. The van der Waals surface area contributed by atoms with Crippen molar-refractivity contribution in [2.45, 2.75) is 14.7 Å². The van der Waals surface area contributed by atoms with Crippen molar-refractivity contribution in [3.63, 3.8) is 0 Å². The Morgan fingerprint density at radius 3 is 1.22 bits per heavy atom. The van der Waals surface area contributed by atoms with E-state index in [-0.39, 0.29) is 16.6 Å². The van der Waals surface area contributed by atoms with E-state index >= 15 is 0 Å². The molecule has 0 unspecified atom stereocenters. The Labute approximate surface area is 310 Å². The topological polar surface area (TPSA) is 227 Å². The molecule has 5 aliphatic rings. The molecule has 5 heterocycles. The van der Waals surface area contributed by atoms with E-state index in [1.54, 1.807) is 52.9 Å². The Kier molecular flexibility index (Phi) is 6.09. The maximum atomic E-state index is 11.9. The van der Waals surface area contributed by atoms with Crippen LogP contribution in [0.4, 0.5) is 0 Å². The van der Waals surface area contributed by atoms with Gasteiger partial charge in [-0.1, -0.05) is 33.2 Å². The Balaban J connectivity index is 1.22. The average Bonchev–Trinajstić information content (AvgIpc) is 3.72. The zero-order valence-electron chi connectivity index (χ0n) is 27.3. The molecule has 0 N–H and O–H groups in total. The molecule has 5 aliphatic heterocycles. The van der Waals surface area contributed by atoms with E-state index in [4.69, 9.17) is 20.0 Å². The van der Waals surface area contributed by atoms with Gasteiger partial charge in [0.05, 0.1) is 48.1 Å². The minimum atomic E-state index is -4.77. The first-order chi connectivity index (χ1) is 26.1. The maximum Gasteiger partial charge on any atom is 0.607 e. The number of fused-ring (bicyclic) bond motifs is 13. The predicted octanol–water partition coefficient (Wildman–Crippen LogP) is 2.37. The van der Waals surface area contributed by atoms with E-state index in [0.717, 1.165) is 0 Å². The zero-order valence-corrected chi connectivity index (χ0v) is 29.8. The van der Waals surface area contributed by atoms with Gasteiger partial charge in [0.2, 0.25) is 11.7 Å². The molecule has 11 rings (SSSR count). The minimum absolute atomic E-state index is 0.213. The molecule has 4 bridgehead atoms. The molecule has 0 amide bonds. The fourth-order valence-corrected chi connectivity index (χ4v) is 9.12. The van der Waals surface area contributed by atoms with Crippen LogP contribution in [0, 0.1) is 0 Å². The summed E-state index contributed by atoms with van der Waals surface area (Å²) in [5, 5.41) is 3.23. The van der Waals surface area contributed by atoms with Crippen molar-refractivity contribution in [1.82, 2.24) is 0 Å². The molecule has 0 saturated carbocycles. The van der Waals surface area contributed by atoms with Crippen molar-refractivity contribution < 1.29 is 47.9 Å². The van der Waals surface area contributed by atoms with Crippen LogP contribution in [0.15, 0.2) is 126 Å². The summed E-state index contributed by atoms with van der Waals surface area (Å²) < 4.78 is 111. The third kappa shape index (κ3) is 4.68. The smallest absolute Gasteiger partial charge is 0.607 e. The summed E-state index contributed by atoms with van der Waals surface area (Å²) in [6, 6.07) is 22.7. The number of amidine groups is 6. The SMILES string of the molecule is O=S(=O)([O-])c1ccc2cc3c(cc2c1)C1=NC2=[N+]4[B][N+]5=C(N=C4c4cc6ccc(S(=O)(=O)[O-])cc6cc42)c2cc4cc(S(=O)(=O)[O-])ccc4cc2C5=NC3=N1. The van der Waals surface area contributed by atoms with Crippen LogP contribution in [0.5, 0.6) is 0 Å². The van der Waals surface area contributed by atoms with Crippen LogP contribution in [0.2, 0.25) is 0 Å². The van der Waals surface area contributed by atoms with Gasteiger partial charge in [-0.25, -0.2) is 34.2 Å². The van der Waals surface area contributed by atoms with Crippen molar-refractivity contribution in [2.24, 2.45) is 20.0 Å². The number of hydrogen-bond donors (Lipinski definition) is 0. The Hall–Kier alpha value is -6.09. The van der Waals surface area contributed by atoms with Crippen molar-refractivity contribution in [3.8, 4) is 0 Å². The predicted molar refractivity (Wildman–Crippen MR) is 196 cm³/mol. The van der Waals surface area contributed by atoms with Crippen molar-refractivity contribution in [1.29, 1.82) is 0 Å². The van der Waals surface area contributed by atoms with Gasteiger partial charge in [-0.3, -0.25) is 0 Å². The van der Waals surface area contributed by atoms with Crippen LogP contribution in [0.3, 0.4) is 0 Å². The molecule has 0 atom stereocenters. The molecule has 1 radical (unpaired) electrons. The highest BCUT2D eigenvalue weighted by atomic mass is 32.2. The highest BCUT2D eigenvalue weighted by molar-refractivity contribution is 7.86. The Morgan fingerprint density at radius 1 is 0.400 bits per heavy atom. The summed E-state index contributed by atoms with van der Waals surface area (Å²) in [7, 11) is -12.5. The van der Waals surface area contributed by atoms with E-state index in [9.17, 15) is 38.9 Å². The van der Waals surface area contributed by atoms with Crippen molar-refractivity contribution in [3.05, 3.63) is 124 Å². The summed E-state index contributed by atoms with van der Waals surface area (Å²) in [6.45, 7) is 0. The number of rotatable bonds is 3. The normalized spacial score (nSPS) is 16.8. The van der Waals surface area contributed by atoms with Gasteiger partial charge in [0.1, 0.15) is 30.4 Å². The van der Waals surface area contributed by atoms with Gasteiger partial charge in [-0.2, -0.15) is 4.99 Å². The van der Waals surface area contributed by atoms with Crippen molar-refractivity contribution >= 4 is 105 Å². The van der Waals surface area contributed by atoms with Crippen LogP contribution < -0.4 is 0 Å². The average molecular weight is 783 g/mol. The summed E-state index contributed by atoms with van der Waals surface area (Å²) in [5.41, 5.74) is 3.42. The van der Waals surface area contributed by atoms with Crippen molar-refractivity contribution in [2.75, 3.05) is 0 Å². The largest absolute Gasteiger partial charge is 0.744 e. The summed E-state index contributed by atoms with van der Waals surface area (Å²) in [6.07, 6.45) is 0. The lowest BCUT2D eigenvalue weighted by atomic mass is 10.00. The lowest BCUT2D eigenvalue weighted by Crippen LogP contribution is -2.42. The first kappa shape index (κ1) is 32.4. The molecule has 0 spiro atoms. The molecular formula is C36H15BN6O9S3-. The van der Waals surface area contributed by atoms with Gasteiger partial charge in [0, 0.05) is 0 Å². The molecule has 6 aromatic carbocycles. The zero-order chi connectivity index (χ0) is 37.9. The molecule has 0 fully saturated rings. The number of benzene rings is 6. The first-order valence-corrected chi connectivity index (χ1v) is 20.5. The fraction of sp³-hybridized carbons (Fsp3) is 0. The molecule has 265 valence electrons. The van der Waals surface area contributed by atoms with Crippen LogP contribution in [0.1, 0.15) is 33.4 Å². The van der Waals surface area contributed by atoms with Gasteiger partial charge >= 0.3 is 7.55 Å². The maximum absolute atomic E-state index is 11.9. The quantitative estimate of drug-likeness (QED) is 0.189. The van der Waals surface area contributed by atoms with Gasteiger partial charge in [-0.15, -0.1) is 0 Å². The fourth-order valence-electron chi connectivity index (χ4n) is 7.61. The lowest BCUT2D eigenvalue weighted by Gasteiger charge is -2.10. The summed E-state index contributed by atoms with van der Waals surface area (Å²) >= 11 is 0. The molecule has 6 aromatic rings. The first-order valence-electron chi connectivity index (χ1n) is 16.2. The minimum Gasteiger partial charge on any atom is -0.744 e. The van der Waals surface area contributed by atoms with Gasteiger partial charge in [0.25, 0.3) is 23.3 Å². The van der Waals surface area contributed by atoms with E-state index in [1.165, 1.54) is 48.5 Å². The molecule has 0 aromatic heterocycles. The summed E-state index contributed by atoms with van der Waals surface area (Å²) in [4.78, 5) is 18.9. The number of aliphatic imine (C=N–C) groups is 4. The molecule has 55 heavy (non-hydrogen) atoms. The second kappa shape index (κ2) is 10.4. The van der Waals surface area contributed by atoms with Gasteiger partial charge in [0.15, 0.2) is 0 Å². The third-order valence-electron chi connectivity index (χ3n) is 10.1. The second-order valence-corrected chi connectivity index (χ2v) is 17.5. The Bertz CT molecular complexity index is 3540. The number of nitrogens with zero attached hydrogens (tertiary/aromatic N) is 6. The van der Waals surface area contributed by atoms with Gasteiger partial charge < -0.3 is 13.7 Å². The van der Waals surface area contributed by atoms with E-state index in [0.29, 0.717) is 89.0 Å². The highest BCUT2D eigenvalue weighted by Gasteiger charge is 2.48. The number of hydrogen-bond acceptors (Lipinski definition) is 13. The van der Waals surface area contributed by atoms with E-state index < -0.39 is 40.1 Å².